The molecule has 2 rings (SSSR count). The number of amides is 1. The van der Waals surface area contributed by atoms with E-state index in [1.165, 1.54) is 11.7 Å². The van der Waals surface area contributed by atoms with E-state index in [9.17, 15) is 9.59 Å². The van der Waals surface area contributed by atoms with E-state index in [4.69, 9.17) is 0 Å². The Kier molecular flexibility index (Phi) is 3.46. The van der Waals surface area contributed by atoms with Crippen molar-refractivity contribution >= 4 is 11.6 Å². The highest BCUT2D eigenvalue weighted by Gasteiger charge is 2.17. The lowest BCUT2D eigenvalue weighted by molar-refractivity contribution is 0.102. The molecule has 98 valence electrons. The van der Waals surface area contributed by atoms with Gasteiger partial charge in [-0.2, -0.15) is 5.10 Å². The summed E-state index contributed by atoms with van der Waals surface area (Å²) in [6.45, 7) is 3.50. The Morgan fingerprint density at radius 1 is 1.21 bits per heavy atom. The minimum Gasteiger partial charge on any atom is -0.322 e. The third-order valence-corrected chi connectivity index (χ3v) is 2.98. The Morgan fingerprint density at radius 2 is 1.84 bits per heavy atom. The molecule has 0 atom stereocenters. The smallest absolute Gasteiger partial charge is 0.279 e. The SMILES string of the molecule is Cc1nn(C)c(=O)c(C(=O)Nc2ccccc2)c1C. The molecule has 5 nitrogen and oxygen atoms in total. The average Bonchev–Trinajstić information content (AvgIpc) is 2.38. The molecule has 0 fully saturated rings. The number of hydrogen-bond acceptors (Lipinski definition) is 3. The molecule has 0 radical (unpaired) electrons. The minimum absolute atomic E-state index is 0.138. The summed E-state index contributed by atoms with van der Waals surface area (Å²) in [5.41, 5.74) is 1.68. The van der Waals surface area contributed by atoms with E-state index in [1.54, 1.807) is 26.0 Å². The number of carbonyl (C=O) groups is 1. The van der Waals surface area contributed by atoms with Gasteiger partial charge in [0.15, 0.2) is 0 Å². The summed E-state index contributed by atoms with van der Waals surface area (Å²) in [6, 6.07) is 9.03. The fraction of sp³-hybridized carbons (Fsp3) is 0.214. The molecular weight excluding hydrogens is 242 g/mol. The number of nitrogens with zero attached hydrogens (tertiary/aromatic N) is 2. The van der Waals surface area contributed by atoms with Gasteiger partial charge >= 0.3 is 0 Å². The zero-order chi connectivity index (χ0) is 14.0. The maximum Gasteiger partial charge on any atom is 0.279 e. The zero-order valence-electron chi connectivity index (χ0n) is 11.1. The van der Waals surface area contributed by atoms with Crippen molar-refractivity contribution in [1.29, 1.82) is 0 Å². The highest BCUT2D eigenvalue weighted by Crippen LogP contribution is 2.10. The number of rotatable bonds is 2. The van der Waals surface area contributed by atoms with Crippen LogP contribution in [0.2, 0.25) is 0 Å². The Bertz CT molecular complexity index is 675. The molecule has 1 aromatic heterocycles. The summed E-state index contributed by atoms with van der Waals surface area (Å²) in [4.78, 5) is 24.2. The molecule has 0 spiro atoms. The first-order valence-corrected chi connectivity index (χ1v) is 5.91. The normalized spacial score (nSPS) is 10.3. The minimum atomic E-state index is -0.408. The Labute approximate surface area is 110 Å². The van der Waals surface area contributed by atoms with Crippen molar-refractivity contribution in [1.82, 2.24) is 9.78 Å². The van der Waals surface area contributed by atoms with Crippen LogP contribution < -0.4 is 10.9 Å². The largest absolute Gasteiger partial charge is 0.322 e. The number of anilines is 1. The van der Waals surface area contributed by atoms with Gasteiger partial charge in [-0.3, -0.25) is 9.59 Å². The molecule has 1 aromatic carbocycles. The Balaban J connectivity index is 2.43. The number of benzene rings is 1. The van der Waals surface area contributed by atoms with Crippen LogP contribution in [0.3, 0.4) is 0 Å². The van der Waals surface area contributed by atoms with Gasteiger partial charge in [0.05, 0.1) is 5.69 Å². The monoisotopic (exact) mass is 257 g/mol. The van der Waals surface area contributed by atoms with E-state index in [0.717, 1.165) is 0 Å². The van der Waals surface area contributed by atoms with E-state index in [-0.39, 0.29) is 5.56 Å². The van der Waals surface area contributed by atoms with Crippen LogP contribution in [0.15, 0.2) is 35.1 Å². The number of para-hydroxylation sites is 1. The standard InChI is InChI=1S/C14H15N3O2/c1-9-10(2)16-17(3)14(19)12(9)13(18)15-11-7-5-4-6-8-11/h4-8H,1-3H3,(H,15,18). The van der Waals surface area contributed by atoms with Crippen molar-refractivity contribution < 1.29 is 4.79 Å². The number of aromatic nitrogens is 2. The van der Waals surface area contributed by atoms with Crippen molar-refractivity contribution in [3.8, 4) is 0 Å². The number of carbonyl (C=O) groups excluding carboxylic acids is 1. The lowest BCUT2D eigenvalue weighted by Gasteiger charge is -2.10. The number of nitrogens with one attached hydrogen (secondary N) is 1. The summed E-state index contributed by atoms with van der Waals surface area (Å²) in [5, 5.41) is 6.76. The first kappa shape index (κ1) is 13.0. The van der Waals surface area contributed by atoms with E-state index < -0.39 is 11.5 Å². The van der Waals surface area contributed by atoms with Gasteiger partial charge in [-0.1, -0.05) is 18.2 Å². The van der Waals surface area contributed by atoms with Gasteiger partial charge in [-0.05, 0) is 31.5 Å². The quantitative estimate of drug-likeness (QED) is 0.889. The topological polar surface area (TPSA) is 64.0 Å². The van der Waals surface area contributed by atoms with Crippen molar-refractivity contribution in [2.24, 2.45) is 7.05 Å². The van der Waals surface area contributed by atoms with Gasteiger partial charge in [-0.25, -0.2) is 4.68 Å². The van der Waals surface area contributed by atoms with Gasteiger partial charge in [0.2, 0.25) is 0 Å². The lowest BCUT2D eigenvalue weighted by atomic mass is 10.1. The fourth-order valence-corrected chi connectivity index (χ4v) is 1.83. The summed E-state index contributed by atoms with van der Waals surface area (Å²) in [7, 11) is 1.54. The molecule has 5 heteroatoms. The third kappa shape index (κ3) is 2.54. The zero-order valence-corrected chi connectivity index (χ0v) is 11.1. The van der Waals surface area contributed by atoms with Crippen LogP contribution in [0.25, 0.3) is 0 Å². The maximum absolute atomic E-state index is 12.2. The van der Waals surface area contributed by atoms with Gasteiger partial charge < -0.3 is 5.32 Å². The van der Waals surface area contributed by atoms with E-state index in [0.29, 0.717) is 16.9 Å². The molecule has 0 aliphatic rings. The van der Waals surface area contributed by atoms with Gasteiger partial charge in [0.1, 0.15) is 5.56 Å². The van der Waals surface area contributed by atoms with Crippen LogP contribution in [-0.4, -0.2) is 15.7 Å². The summed E-state index contributed by atoms with van der Waals surface area (Å²) in [6.07, 6.45) is 0. The molecule has 0 saturated heterocycles. The molecule has 0 aliphatic heterocycles. The van der Waals surface area contributed by atoms with Gasteiger partial charge in [0, 0.05) is 12.7 Å². The van der Waals surface area contributed by atoms with E-state index in [2.05, 4.69) is 10.4 Å². The molecule has 0 saturated carbocycles. The first-order valence-electron chi connectivity index (χ1n) is 5.91. The second-order valence-corrected chi connectivity index (χ2v) is 4.33. The van der Waals surface area contributed by atoms with Crippen molar-refractivity contribution in [2.75, 3.05) is 5.32 Å². The predicted molar refractivity (Wildman–Crippen MR) is 73.3 cm³/mol. The molecule has 2 aromatic rings. The molecule has 1 amide bonds. The Morgan fingerprint density at radius 3 is 2.47 bits per heavy atom. The highest BCUT2D eigenvalue weighted by atomic mass is 16.2. The van der Waals surface area contributed by atoms with Crippen LogP contribution >= 0.6 is 0 Å². The molecular formula is C14H15N3O2. The van der Waals surface area contributed by atoms with E-state index in [1.807, 2.05) is 18.2 Å². The number of aryl methyl sites for hydroxylation is 2. The van der Waals surface area contributed by atoms with Crippen molar-refractivity contribution in [3.05, 3.63) is 57.5 Å². The molecule has 19 heavy (non-hydrogen) atoms. The van der Waals surface area contributed by atoms with Crippen molar-refractivity contribution in [2.45, 2.75) is 13.8 Å². The Hall–Kier alpha value is -2.43. The van der Waals surface area contributed by atoms with Crippen LogP contribution in [0.4, 0.5) is 5.69 Å². The first-order chi connectivity index (χ1) is 9.00. The van der Waals surface area contributed by atoms with Crippen LogP contribution in [0, 0.1) is 13.8 Å². The van der Waals surface area contributed by atoms with Crippen LogP contribution in [0.5, 0.6) is 0 Å². The summed E-state index contributed by atoms with van der Waals surface area (Å²) >= 11 is 0. The third-order valence-electron chi connectivity index (χ3n) is 2.98. The van der Waals surface area contributed by atoms with Crippen molar-refractivity contribution in [3.63, 3.8) is 0 Å². The summed E-state index contributed by atoms with van der Waals surface area (Å²) < 4.78 is 1.18. The molecule has 0 unspecified atom stereocenters. The molecule has 0 bridgehead atoms. The van der Waals surface area contributed by atoms with E-state index >= 15 is 0 Å². The predicted octanol–water partition coefficient (Wildman–Crippen LogP) is 1.65. The summed E-state index contributed by atoms with van der Waals surface area (Å²) in [5.74, 6) is -0.408. The van der Waals surface area contributed by atoms with Gasteiger partial charge in [0.25, 0.3) is 11.5 Å². The number of hydrogen-bond donors (Lipinski definition) is 1. The lowest BCUT2D eigenvalue weighted by Crippen LogP contribution is -2.31. The molecule has 1 heterocycles. The fourth-order valence-electron chi connectivity index (χ4n) is 1.83. The van der Waals surface area contributed by atoms with Gasteiger partial charge in [-0.15, -0.1) is 0 Å². The molecule has 1 N–H and O–H groups in total. The maximum atomic E-state index is 12.2. The molecule has 0 aliphatic carbocycles. The second kappa shape index (κ2) is 5.06. The average molecular weight is 257 g/mol. The second-order valence-electron chi connectivity index (χ2n) is 4.33. The van der Waals surface area contributed by atoms with Crippen LogP contribution in [0.1, 0.15) is 21.6 Å². The highest BCUT2D eigenvalue weighted by molar-refractivity contribution is 6.05. The van der Waals surface area contributed by atoms with Crippen LogP contribution in [-0.2, 0) is 7.05 Å².